The molecule has 0 aliphatic heterocycles. The molecule has 1 fully saturated rings. The maximum Gasteiger partial charge on any atom is 0.361 e. The fourth-order valence-electron chi connectivity index (χ4n) is 3.64. The number of amides is 1. The fraction of sp³-hybridized carbons (Fsp3) is 0.350. The van der Waals surface area contributed by atoms with E-state index >= 15 is 0 Å². The average Bonchev–Trinajstić information content (AvgIpc) is 2.72. The van der Waals surface area contributed by atoms with Crippen molar-refractivity contribution in [2.24, 2.45) is 0 Å². The Kier molecular flexibility index (Phi) is 6.12. The third-order valence-electron chi connectivity index (χ3n) is 5.17. The highest BCUT2D eigenvalue weighted by Gasteiger charge is 2.48. The number of hydrogen-bond acceptors (Lipinski definition) is 7. The van der Waals surface area contributed by atoms with E-state index in [1.54, 1.807) is 24.3 Å². The van der Waals surface area contributed by atoms with Gasteiger partial charge in [-0.15, -0.1) is 0 Å². The third kappa shape index (κ3) is 3.93. The van der Waals surface area contributed by atoms with Gasteiger partial charge in [0, 0.05) is 36.4 Å². The minimum absolute atomic E-state index is 0.0859. The van der Waals surface area contributed by atoms with Crippen molar-refractivity contribution in [2.75, 3.05) is 19.4 Å². The summed E-state index contributed by atoms with van der Waals surface area (Å²) in [4.78, 5) is 47.0. The summed E-state index contributed by atoms with van der Waals surface area (Å²) in [6, 6.07) is 6.99. The molecule has 8 nitrogen and oxygen atoms in total. The Hall–Kier alpha value is -3.00. The van der Waals surface area contributed by atoms with Crippen molar-refractivity contribution < 1.29 is 19.1 Å². The van der Waals surface area contributed by atoms with E-state index in [0.717, 1.165) is 12.8 Å². The lowest BCUT2D eigenvalue weighted by atomic mass is 9.74. The number of esters is 1. The van der Waals surface area contributed by atoms with Crippen LogP contribution in [-0.2, 0) is 19.9 Å². The van der Waals surface area contributed by atoms with E-state index in [1.165, 1.54) is 24.3 Å². The lowest BCUT2D eigenvalue weighted by Gasteiger charge is -2.43. The van der Waals surface area contributed by atoms with Crippen LogP contribution in [0, 0.1) is 0 Å². The molecular weight excluding hydrogens is 396 g/mol. The Balaban J connectivity index is 1.83. The van der Waals surface area contributed by atoms with E-state index in [0.29, 0.717) is 23.4 Å². The Morgan fingerprint density at radius 1 is 1.24 bits per heavy atom. The number of ether oxygens (including phenoxy) is 1. The van der Waals surface area contributed by atoms with Crippen molar-refractivity contribution in [2.45, 2.75) is 31.2 Å². The van der Waals surface area contributed by atoms with Crippen LogP contribution in [0.15, 0.2) is 36.7 Å². The van der Waals surface area contributed by atoms with Gasteiger partial charge in [0.05, 0.1) is 0 Å². The first-order valence-electron chi connectivity index (χ1n) is 9.16. The first-order valence-corrected chi connectivity index (χ1v) is 9.54. The number of halogens is 1. The second-order valence-electron chi connectivity index (χ2n) is 6.79. The topological polar surface area (TPSA) is 115 Å². The number of hydrogen-bond donors (Lipinski definition) is 1. The van der Waals surface area contributed by atoms with Gasteiger partial charge in [0.15, 0.2) is 23.9 Å². The molecule has 1 aromatic heterocycles. The van der Waals surface area contributed by atoms with Crippen molar-refractivity contribution in [1.82, 2.24) is 14.9 Å². The molecule has 152 valence electrons. The quantitative estimate of drug-likeness (QED) is 0.743. The van der Waals surface area contributed by atoms with Crippen LogP contribution in [0.25, 0.3) is 0 Å². The van der Waals surface area contributed by atoms with Crippen LogP contribution in [0.1, 0.15) is 41.7 Å². The molecular formula is C20H21ClN4O4. The maximum absolute atomic E-state index is 13.0. The number of likely N-dealkylation sites (N-methyl/N-ethyl adjacent to an activating group) is 1. The molecule has 1 amide bonds. The summed E-state index contributed by atoms with van der Waals surface area (Å²) in [6.07, 6.45) is 4.96. The molecule has 29 heavy (non-hydrogen) atoms. The van der Waals surface area contributed by atoms with Gasteiger partial charge in [0.2, 0.25) is 0 Å². The highest BCUT2D eigenvalue weighted by molar-refractivity contribution is 6.31. The van der Waals surface area contributed by atoms with E-state index < -0.39 is 24.0 Å². The van der Waals surface area contributed by atoms with Crippen molar-refractivity contribution in [3.05, 3.63) is 52.9 Å². The smallest absolute Gasteiger partial charge is 0.361 e. The van der Waals surface area contributed by atoms with Crippen molar-refractivity contribution >= 4 is 35.1 Å². The van der Waals surface area contributed by atoms with Gasteiger partial charge in [-0.2, -0.15) is 0 Å². The standard InChI is InChI=1S/C20H21ClN4O4/c1-25(16(27)12-29-19(28)17-18(22)24-11-10-23-17)20(9-5-4-8-15(20)26)13-6-2-3-7-14(13)21/h2-3,6-7,10-11H,4-5,8-9,12H2,1H3,(H2,22,24). The van der Waals surface area contributed by atoms with Crippen LogP contribution in [0.5, 0.6) is 0 Å². The molecule has 3 rings (SSSR count). The predicted molar refractivity (Wildman–Crippen MR) is 106 cm³/mol. The normalized spacial score (nSPS) is 18.9. The zero-order chi connectivity index (χ0) is 21.0. The summed E-state index contributed by atoms with van der Waals surface area (Å²) in [6.45, 7) is -0.565. The van der Waals surface area contributed by atoms with Crippen LogP contribution < -0.4 is 5.73 Å². The molecule has 1 aliphatic carbocycles. The number of carbonyl (C=O) groups is 3. The first-order chi connectivity index (χ1) is 13.9. The second kappa shape index (κ2) is 8.57. The maximum atomic E-state index is 13.0. The monoisotopic (exact) mass is 416 g/mol. The molecule has 0 radical (unpaired) electrons. The first kappa shape index (κ1) is 20.7. The molecule has 0 bridgehead atoms. The van der Waals surface area contributed by atoms with Crippen LogP contribution in [0.4, 0.5) is 5.82 Å². The number of anilines is 1. The van der Waals surface area contributed by atoms with Gasteiger partial charge in [-0.25, -0.2) is 14.8 Å². The molecule has 1 unspecified atom stereocenters. The molecule has 1 atom stereocenters. The van der Waals surface area contributed by atoms with Crippen LogP contribution in [0.3, 0.4) is 0 Å². The zero-order valence-corrected chi connectivity index (χ0v) is 16.7. The van der Waals surface area contributed by atoms with Gasteiger partial charge in [-0.05, 0) is 25.3 Å². The Morgan fingerprint density at radius 2 is 1.97 bits per heavy atom. The lowest BCUT2D eigenvalue weighted by Crippen LogP contribution is -2.55. The molecule has 1 heterocycles. The summed E-state index contributed by atoms with van der Waals surface area (Å²) in [5.74, 6) is -1.57. The number of benzene rings is 1. The molecule has 0 spiro atoms. The summed E-state index contributed by atoms with van der Waals surface area (Å²) in [7, 11) is 1.53. The highest BCUT2D eigenvalue weighted by atomic mass is 35.5. The largest absolute Gasteiger partial charge is 0.451 e. The Labute approximate surface area is 173 Å². The number of rotatable bonds is 5. The van der Waals surface area contributed by atoms with Gasteiger partial charge in [0.25, 0.3) is 5.91 Å². The Bertz CT molecular complexity index is 952. The third-order valence-corrected chi connectivity index (χ3v) is 5.50. The summed E-state index contributed by atoms with van der Waals surface area (Å²) in [5, 5.41) is 0.409. The zero-order valence-electron chi connectivity index (χ0n) is 15.9. The number of Topliss-reactive ketones (excluding diaryl/α,β-unsaturated/α-hetero) is 1. The SMILES string of the molecule is CN(C(=O)COC(=O)c1nccnc1N)C1(c2ccccc2Cl)CCCCC1=O. The van der Waals surface area contributed by atoms with Gasteiger partial charge in [0.1, 0.15) is 5.54 Å². The van der Waals surface area contributed by atoms with Gasteiger partial charge in [-0.1, -0.05) is 29.8 Å². The fourth-order valence-corrected chi connectivity index (χ4v) is 3.93. The Morgan fingerprint density at radius 3 is 2.66 bits per heavy atom. The number of ketones is 1. The average molecular weight is 417 g/mol. The van der Waals surface area contributed by atoms with Crippen LogP contribution in [0.2, 0.25) is 5.02 Å². The predicted octanol–water partition coefficient (Wildman–Crippen LogP) is 2.37. The summed E-state index contributed by atoms with van der Waals surface area (Å²) < 4.78 is 5.07. The molecule has 2 aromatic rings. The molecule has 9 heteroatoms. The number of carbonyl (C=O) groups excluding carboxylic acids is 3. The number of nitrogens with two attached hydrogens (primary N) is 1. The highest BCUT2D eigenvalue weighted by Crippen LogP contribution is 2.42. The molecule has 2 N–H and O–H groups in total. The van der Waals surface area contributed by atoms with Crippen LogP contribution in [-0.4, -0.2) is 46.2 Å². The minimum atomic E-state index is -1.19. The molecule has 1 aromatic carbocycles. The van der Waals surface area contributed by atoms with E-state index in [1.807, 2.05) is 0 Å². The van der Waals surface area contributed by atoms with Gasteiger partial charge >= 0.3 is 5.97 Å². The van der Waals surface area contributed by atoms with Crippen molar-refractivity contribution in [3.63, 3.8) is 0 Å². The molecule has 1 aliphatic rings. The number of nitrogen functional groups attached to an aromatic ring is 1. The van der Waals surface area contributed by atoms with E-state index in [-0.39, 0.29) is 17.3 Å². The second-order valence-corrected chi connectivity index (χ2v) is 7.20. The number of nitrogens with zero attached hydrogens (tertiary/aromatic N) is 3. The van der Waals surface area contributed by atoms with Crippen LogP contribution >= 0.6 is 11.6 Å². The van der Waals surface area contributed by atoms with E-state index in [9.17, 15) is 14.4 Å². The minimum Gasteiger partial charge on any atom is -0.451 e. The van der Waals surface area contributed by atoms with Crippen molar-refractivity contribution in [1.29, 1.82) is 0 Å². The van der Waals surface area contributed by atoms with Gasteiger partial charge in [-0.3, -0.25) is 9.59 Å². The van der Waals surface area contributed by atoms with E-state index in [4.69, 9.17) is 22.1 Å². The van der Waals surface area contributed by atoms with Gasteiger partial charge < -0.3 is 15.4 Å². The lowest BCUT2D eigenvalue weighted by molar-refractivity contribution is -0.150. The molecule has 0 saturated heterocycles. The van der Waals surface area contributed by atoms with Crippen molar-refractivity contribution in [3.8, 4) is 0 Å². The summed E-state index contributed by atoms with van der Waals surface area (Å²) in [5.41, 5.74) is 4.83. The summed E-state index contributed by atoms with van der Waals surface area (Å²) >= 11 is 6.38. The van der Waals surface area contributed by atoms with E-state index in [2.05, 4.69) is 9.97 Å². The molecule has 1 saturated carbocycles. The number of aromatic nitrogens is 2.